The van der Waals surface area contributed by atoms with Gasteiger partial charge in [-0.05, 0) is 67.8 Å². The average Bonchev–Trinajstić information content (AvgIpc) is 3.35. The third-order valence-electron chi connectivity index (χ3n) is 5.38. The molecule has 0 radical (unpaired) electrons. The summed E-state index contributed by atoms with van der Waals surface area (Å²) in [6.45, 7) is 4.90. The van der Waals surface area contributed by atoms with Crippen LogP contribution in [0.15, 0.2) is 60.7 Å². The molecule has 6 heteroatoms. The van der Waals surface area contributed by atoms with Crippen molar-refractivity contribution >= 4 is 17.4 Å². The molecule has 1 amide bonds. The molecule has 3 aromatic rings. The van der Waals surface area contributed by atoms with Crippen molar-refractivity contribution in [3.05, 3.63) is 66.2 Å². The number of benzene rings is 2. The van der Waals surface area contributed by atoms with Crippen LogP contribution in [0.4, 0.5) is 11.5 Å². The second-order valence-electron chi connectivity index (χ2n) is 7.73. The summed E-state index contributed by atoms with van der Waals surface area (Å²) >= 11 is 0. The smallest absolute Gasteiger partial charge is 0.255 e. The van der Waals surface area contributed by atoms with Gasteiger partial charge in [-0.2, -0.15) is 0 Å². The normalized spacial score (nSPS) is 13.3. The molecular formula is C25H28N4O2. The van der Waals surface area contributed by atoms with Crippen LogP contribution in [0.5, 0.6) is 5.75 Å². The van der Waals surface area contributed by atoms with E-state index in [0.29, 0.717) is 12.2 Å². The van der Waals surface area contributed by atoms with Gasteiger partial charge in [0.15, 0.2) is 5.82 Å². The van der Waals surface area contributed by atoms with Crippen molar-refractivity contribution in [2.75, 3.05) is 29.9 Å². The Bertz CT molecular complexity index is 997. The number of unbranched alkanes of at least 4 members (excludes halogenated alkanes) is 1. The highest BCUT2D eigenvalue weighted by atomic mass is 16.5. The van der Waals surface area contributed by atoms with E-state index in [-0.39, 0.29) is 5.91 Å². The molecule has 0 atom stereocenters. The monoisotopic (exact) mass is 416 g/mol. The average molecular weight is 417 g/mol. The Hall–Kier alpha value is -3.41. The molecule has 1 aliphatic rings. The van der Waals surface area contributed by atoms with E-state index >= 15 is 0 Å². The fraction of sp³-hybridized carbons (Fsp3) is 0.320. The molecule has 1 fully saturated rings. The second-order valence-corrected chi connectivity index (χ2v) is 7.73. The van der Waals surface area contributed by atoms with Crippen LogP contribution in [-0.2, 0) is 0 Å². The number of nitrogens with one attached hydrogen (secondary N) is 1. The molecule has 0 saturated carbocycles. The van der Waals surface area contributed by atoms with Crippen LogP contribution in [0.25, 0.3) is 11.3 Å². The number of nitrogens with zero attached hydrogens (tertiary/aromatic N) is 3. The van der Waals surface area contributed by atoms with Gasteiger partial charge in [0.1, 0.15) is 5.75 Å². The summed E-state index contributed by atoms with van der Waals surface area (Å²) in [6, 6.07) is 18.9. The molecule has 0 bridgehead atoms. The van der Waals surface area contributed by atoms with Crippen molar-refractivity contribution in [2.24, 2.45) is 0 Å². The summed E-state index contributed by atoms with van der Waals surface area (Å²) < 4.78 is 5.66. The van der Waals surface area contributed by atoms with E-state index < -0.39 is 0 Å². The molecule has 31 heavy (non-hydrogen) atoms. The van der Waals surface area contributed by atoms with E-state index in [1.165, 1.54) is 12.8 Å². The summed E-state index contributed by atoms with van der Waals surface area (Å²) in [4.78, 5) is 14.9. The van der Waals surface area contributed by atoms with Gasteiger partial charge < -0.3 is 15.0 Å². The van der Waals surface area contributed by atoms with Gasteiger partial charge in [0.2, 0.25) is 0 Å². The summed E-state index contributed by atoms with van der Waals surface area (Å²) in [5.41, 5.74) is 3.00. The molecule has 0 aliphatic carbocycles. The van der Waals surface area contributed by atoms with Crippen LogP contribution in [0.1, 0.15) is 43.0 Å². The highest BCUT2D eigenvalue weighted by Gasteiger charge is 2.14. The number of hydrogen-bond acceptors (Lipinski definition) is 5. The number of amides is 1. The number of carbonyl (C=O) groups is 1. The largest absolute Gasteiger partial charge is 0.494 e. The molecule has 1 aromatic heterocycles. The summed E-state index contributed by atoms with van der Waals surface area (Å²) in [5.74, 6) is 1.54. The Kier molecular flexibility index (Phi) is 6.77. The van der Waals surface area contributed by atoms with Gasteiger partial charge in [-0.3, -0.25) is 4.79 Å². The van der Waals surface area contributed by atoms with Crippen molar-refractivity contribution in [2.45, 2.75) is 32.6 Å². The van der Waals surface area contributed by atoms with Crippen LogP contribution in [0, 0.1) is 0 Å². The van der Waals surface area contributed by atoms with E-state index in [2.05, 4.69) is 27.3 Å². The lowest BCUT2D eigenvalue weighted by Crippen LogP contribution is -2.19. The lowest BCUT2D eigenvalue weighted by molar-refractivity contribution is 0.102. The van der Waals surface area contributed by atoms with Crippen molar-refractivity contribution in [3.63, 3.8) is 0 Å². The van der Waals surface area contributed by atoms with Crippen molar-refractivity contribution in [1.29, 1.82) is 0 Å². The Labute approximate surface area is 183 Å². The summed E-state index contributed by atoms with van der Waals surface area (Å²) in [5, 5.41) is 11.7. The SMILES string of the molecule is CCCCOc1ccc(C(=O)Nc2cccc(-c3ccc(N4CCCC4)nn3)c2)cc1. The minimum atomic E-state index is -0.160. The first-order valence-electron chi connectivity index (χ1n) is 11.0. The van der Waals surface area contributed by atoms with Crippen LogP contribution in [-0.4, -0.2) is 35.8 Å². The molecule has 2 aromatic carbocycles. The maximum Gasteiger partial charge on any atom is 0.255 e. The third kappa shape index (κ3) is 5.40. The fourth-order valence-electron chi connectivity index (χ4n) is 3.59. The Balaban J connectivity index is 1.40. The quantitative estimate of drug-likeness (QED) is 0.513. The van der Waals surface area contributed by atoms with Gasteiger partial charge in [0, 0.05) is 29.9 Å². The van der Waals surface area contributed by atoms with Crippen LogP contribution < -0.4 is 15.0 Å². The first-order chi connectivity index (χ1) is 15.2. The van der Waals surface area contributed by atoms with Crippen molar-refractivity contribution in [1.82, 2.24) is 10.2 Å². The molecular weight excluding hydrogens is 388 g/mol. The van der Waals surface area contributed by atoms with Gasteiger partial charge in [0.25, 0.3) is 5.91 Å². The van der Waals surface area contributed by atoms with Gasteiger partial charge >= 0.3 is 0 Å². The number of ether oxygens (including phenoxy) is 1. The lowest BCUT2D eigenvalue weighted by Gasteiger charge is -2.15. The van der Waals surface area contributed by atoms with Crippen molar-refractivity contribution < 1.29 is 9.53 Å². The highest BCUT2D eigenvalue weighted by molar-refractivity contribution is 6.04. The number of carbonyl (C=O) groups excluding carboxylic acids is 1. The van der Waals surface area contributed by atoms with E-state index in [1.54, 1.807) is 12.1 Å². The summed E-state index contributed by atoms with van der Waals surface area (Å²) in [6.07, 6.45) is 4.53. The molecule has 1 saturated heterocycles. The standard InChI is InChI=1S/C25H28N4O2/c1-2-3-17-31-22-11-9-19(10-12-22)25(30)26-21-8-6-7-20(18-21)23-13-14-24(28-27-23)29-15-4-5-16-29/h6-14,18H,2-5,15-17H2,1H3,(H,26,30). The lowest BCUT2D eigenvalue weighted by atomic mass is 10.1. The Morgan fingerprint density at radius 3 is 2.55 bits per heavy atom. The molecule has 160 valence electrons. The van der Waals surface area contributed by atoms with Gasteiger partial charge in [-0.25, -0.2) is 0 Å². The van der Waals surface area contributed by atoms with Crippen LogP contribution in [0.3, 0.4) is 0 Å². The zero-order valence-electron chi connectivity index (χ0n) is 17.9. The van der Waals surface area contributed by atoms with Gasteiger partial charge in [-0.15, -0.1) is 10.2 Å². The minimum absolute atomic E-state index is 0.160. The van der Waals surface area contributed by atoms with E-state index in [0.717, 1.165) is 54.4 Å². The van der Waals surface area contributed by atoms with E-state index in [1.807, 2.05) is 48.5 Å². The van der Waals surface area contributed by atoms with E-state index in [4.69, 9.17) is 4.74 Å². The molecule has 2 heterocycles. The molecule has 0 spiro atoms. The van der Waals surface area contributed by atoms with Gasteiger partial charge in [0.05, 0.1) is 12.3 Å². The van der Waals surface area contributed by atoms with E-state index in [9.17, 15) is 4.79 Å². The molecule has 6 nitrogen and oxygen atoms in total. The Morgan fingerprint density at radius 1 is 1.03 bits per heavy atom. The maximum atomic E-state index is 12.6. The molecule has 4 rings (SSSR count). The first kappa shape index (κ1) is 20.8. The predicted molar refractivity (Wildman–Crippen MR) is 124 cm³/mol. The topological polar surface area (TPSA) is 67.3 Å². The molecule has 0 unspecified atom stereocenters. The zero-order valence-corrected chi connectivity index (χ0v) is 17.9. The number of anilines is 2. The van der Waals surface area contributed by atoms with Crippen LogP contribution >= 0.6 is 0 Å². The van der Waals surface area contributed by atoms with Crippen molar-refractivity contribution in [3.8, 4) is 17.0 Å². The minimum Gasteiger partial charge on any atom is -0.494 e. The first-order valence-corrected chi connectivity index (χ1v) is 11.0. The van der Waals surface area contributed by atoms with Gasteiger partial charge in [-0.1, -0.05) is 25.5 Å². The molecule has 1 aliphatic heterocycles. The van der Waals surface area contributed by atoms with Crippen LogP contribution in [0.2, 0.25) is 0 Å². The zero-order chi connectivity index (χ0) is 21.5. The third-order valence-corrected chi connectivity index (χ3v) is 5.38. The number of rotatable bonds is 8. The maximum absolute atomic E-state index is 12.6. The molecule has 1 N–H and O–H groups in total. The second kappa shape index (κ2) is 10.1. The fourth-order valence-corrected chi connectivity index (χ4v) is 3.59. The number of hydrogen-bond donors (Lipinski definition) is 1. The predicted octanol–water partition coefficient (Wildman–Crippen LogP) is 5.18. The summed E-state index contributed by atoms with van der Waals surface area (Å²) in [7, 11) is 0. The highest BCUT2D eigenvalue weighted by Crippen LogP contribution is 2.24. The number of aromatic nitrogens is 2. The Morgan fingerprint density at radius 2 is 1.84 bits per heavy atom.